The number of carbonyl (C=O) groups is 1. The summed E-state index contributed by atoms with van der Waals surface area (Å²) in [6.07, 6.45) is 12.4. The molecule has 0 aromatic heterocycles. The molecule has 0 aromatic rings. The summed E-state index contributed by atoms with van der Waals surface area (Å²) in [6.45, 7) is 2.41. The first kappa shape index (κ1) is 28.5. The second-order valence-electron chi connectivity index (χ2n) is 9.21. The Balaban J connectivity index is 1.93. The lowest BCUT2D eigenvalue weighted by Gasteiger charge is -2.39. The molecule has 1 saturated heterocycles. The third kappa shape index (κ3) is 13.7. The molecule has 0 saturated carbocycles. The van der Waals surface area contributed by atoms with E-state index in [0.717, 1.165) is 25.7 Å². The zero-order chi connectivity index (χ0) is 25.0. The normalized spacial score (nSPS) is 25.7. The van der Waals surface area contributed by atoms with E-state index >= 15 is 0 Å². The lowest BCUT2D eigenvalue weighted by atomic mass is 9.99. The van der Waals surface area contributed by atoms with Gasteiger partial charge in [0.25, 0.3) is 0 Å². The van der Waals surface area contributed by atoms with E-state index in [9.17, 15) is 20.1 Å². The van der Waals surface area contributed by atoms with Crippen molar-refractivity contribution in [3.8, 4) is 0 Å². The van der Waals surface area contributed by atoms with Gasteiger partial charge in [0.05, 0.1) is 0 Å². The molecule has 0 bridgehead atoms. The van der Waals surface area contributed by atoms with Crippen LogP contribution in [-0.2, 0) is 19.0 Å². The number of aliphatic hydroxyl groups excluding tert-OH is 3. The van der Waals surface area contributed by atoms with Crippen molar-refractivity contribution in [1.29, 1.82) is 0 Å². The third-order valence-electron chi connectivity index (χ3n) is 6.29. The topological polar surface area (TPSA) is 105 Å². The fourth-order valence-electron chi connectivity index (χ4n) is 4.17. The van der Waals surface area contributed by atoms with E-state index in [4.69, 9.17) is 15.6 Å². The number of ether oxygens (including phenoxy) is 3. The molecule has 7 nitrogen and oxygen atoms in total. The minimum absolute atomic E-state index is 0.181. The van der Waals surface area contributed by atoms with Crippen LogP contribution < -0.4 is 0 Å². The first-order valence-electron chi connectivity index (χ1n) is 14.0. The van der Waals surface area contributed by atoms with Gasteiger partial charge in [0.15, 0.2) is 6.29 Å². The number of aliphatic hydroxyl groups is 3. The van der Waals surface area contributed by atoms with Gasteiger partial charge in [-0.15, -0.1) is 0 Å². The average molecular weight is 476 g/mol. The average Bonchev–Trinajstić information content (AvgIpc) is 2.83. The van der Waals surface area contributed by atoms with E-state index < -0.39 is 30.7 Å². The molecule has 1 rings (SSSR count). The van der Waals surface area contributed by atoms with Crippen LogP contribution >= 0.6 is 0 Å². The highest BCUT2D eigenvalue weighted by Gasteiger charge is 2.44. The Morgan fingerprint density at radius 3 is 1.82 bits per heavy atom. The maximum atomic E-state index is 12.0. The van der Waals surface area contributed by atoms with Gasteiger partial charge in [-0.25, -0.2) is 0 Å². The van der Waals surface area contributed by atoms with Crippen LogP contribution in [0.4, 0.5) is 0 Å². The zero-order valence-electron chi connectivity index (χ0n) is 21.8. The summed E-state index contributed by atoms with van der Waals surface area (Å²) in [5.41, 5.74) is 0. The molecule has 0 radical (unpaired) electrons. The summed E-state index contributed by atoms with van der Waals surface area (Å²) in [6, 6.07) is 0. The second-order valence-corrected chi connectivity index (χ2v) is 9.21. The van der Waals surface area contributed by atoms with Gasteiger partial charge in [-0.3, -0.25) is 4.79 Å². The van der Waals surface area contributed by atoms with Crippen LogP contribution in [0.2, 0.25) is 0 Å². The molecular formula is C26H50O7. The lowest BCUT2D eigenvalue weighted by molar-refractivity contribution is -0.300. The van der Waals surface area contributed by atoms with E-state index in [1.54, 1.807) is 6.92 Å². The van der Waals surface area contributed by atoms with Gasteiger partial charge in [-0.1, -0.05) is 96.8 Å². The van der Waals surface area contributed by atoms with Gasteiger partial charge in [0, 0.05) is 14.4 Å². The van der Waals surface area contributed by atoms with E-state index in [0.29, 0.717) is 13.3 Å². The van der Waals surface area contributed by atoms with E-state index in [-0.39, 0.29) is 19.2 Å². The van der Waals surface area contributed by atoms with Gasteiger partial charge in [0.2, 0.25) is 0 Å². The number of rotatable bonds is 20. The van der Waals surface area contributed by atoms with Crippen molar-refractivity contribution in [2.45, 2.75) is 147 Å². The number of hydrogen-bond acceptors (Lipinski definition) is 7. The summed E-state index contributed by atoms with van der Waals surface area (Å²) >= 11 is 0. The van der Waals surface area contributed by atoms with Crippen molar-refractivity contribution in [3.05, 3.63) is 0 Å². The highest BCUT2D eigenvalue weighted by atomic mass is 16.7. The van der Waals surface area contributed by atoms with Crippen molar-refractivity contribution >= 4 is 5.97 Å². The number of unbranched alkanes of at least 4 members (excludes halogenated alkanes) is 14. The van der Waals surface area contributed by atoms with Crippen LogP contribution in [0, 0.1) is 0 Å². The molecule has 7 heteroatoms. The molecule has 0 aliphatic carbocycles. The molecule has 1 fully saturated rings. The molecule has 0 amide bonds. The Morgan fingerprint density at radius 1 is 0.788 bits per heavy atom. The molecule has 1 heterocycles. The number of hydrogen-bond donors (Lipinski definition) is 3. The Labute approximate surface area is 202 Å². The molecule has 3 N–H and O–H groups in total. The fourth-order valence-corrected chi connectivity index (χ4v) is 4.17. The quantitative estimate of drug-likeness (QED) is 0.174. The van der Waals surface area contributed by atoms with Gasteiger partial charge >= 0.3 is 5.97 Å². The maximum absolute atomic E-state index is 12.0. The smallest absolute Gasteiger partial charge is 0.305 e. The Kier molecular flexibility index (Phi) is 16.9. The van der Waals surface area contributed by atoms with Gasteiger partial charge in [0.1, 0.15) is 31.0 Å². The van der Waals surface area contributed by atoms with Crippen LogP contribution in [0.5, 0.6) is 0 Å². The minimum atomic E-state index is -1.41. The van der Waals surface area contributed by atoms with Crippen LogP contribution in [0.1, 0.15) is 118 Å². The van der Waals surface area contributed by atoms with Crippen molar-refractivity contribution in [2.24, 2.45) is 0 Å². The summed E-state index contributed by atoms with van der Waals surface area (Å²) in [5, 5.41) is 29.8. The second kappa shape index (κ2) is 19.6. The van der Waals surface area contributed by atoms with Crippen LogP contribution in [0.3, 0.4) is 0 Å². The molecule has 196 valence electrons. The number of esters is 1. The standard InChI is InChI=1S/C26H50O7/c1-3-5-6-7-8-9-10-11-12-13-14-15-16-17-18-19-22(27)32-20-21-23(28)24(29)25(30)26(33-21)31-4-2/h21,23-26,28-30H,3-20H2,1-2H3/t21-,23-,24+,25-,26?/m1/s1/i1D. The maximum Gasteiger partial charge on any atom is 0.305 e. The first-order chi connectivity index (χ1) is 16.5. The molecule has 1 unspecified atom stereocenters. The van der Waals surface area contributed by atoms with Crippen molar-refractivity contribution in [1.82, 2.24) is 0 Å². The molecule has 33 heavy (non-hydrogen) atoms. The third-order valence-corrected chi connectivity index (χ3v) is 6.29. The molecule has 1 aliphatic rings. The Morgan fingerprint density at radius 2 is 1.30 bits per heavy atom. The summed E-state index contributed by atoms with van der Waals surface area (Å²) in [7, 11) is 0. The monoisotopic (exact) mass is 475 g/mol. The van der Waals surface area contributed by atoms with Crippen molar-refractivity contribution in [3.63, 3.8) is 0 Å². The van der Waals surface area contributed by atoms with E-state index in [2.05, 4.69) is 0 Å². The van der Waals surface area contributed by atoms with Crippen molar-refractivity contribution in [2.75, 3.05) is 13.2 Å². The molecule has 0 aromatic carbocycles. The van der Waals surface area contributed by atoms with Gasteiger partial charge in [-0.2, -0.15) is 0 Å². The molecular weight excluding hydrogens is 424 g/mol. The largest absolute Gasteiger partial charge is 0.463 e. The van der Waals surface area contributed by atoms with Gasteiger partial charge < -0.3 is 29.5 Å². The molecule has 5 atom stereocenters. The summed E-state index contributed by atoms with van der Waals surface area (Å²) in [5.74, 6) is -0.347. The summed E-state index contributed by atoms with van der Waals surface area (Å²) < 4.78 is 23.0. The van der Waals surface area contributed by atoms with Crippen LogP contribution in [0.15, 0.2) is 0 Å². The highest BCUT2D eigenvalue weighted by Crippen LogP contribution is 2.22. The zero-order valence-corrected chi connectivity index (χ0v) is 20.8. The van der Waals surface area contributed by atoms with E-state index in [1.165, 1.54) is 70.6 Å². The predicted molar refractivity (Wildman–Crippen MR) is 129 cm³/mol. The fraction of sp³-hybridized carbons (Fsp3) is 0.962. The predicted octanol–water partition coefficient (Wildman–Crippen LogP) is 4.64. The highest BCUT2D eigenvalue weighted by molar-refractivity contribution is 5.69. The SMILES string of the molecule is [2H]CCCCCCCCCCCCCCCCCC(=O)OC[C@H]1OC(OCC)[C@H](O)[C@@H](O)[C@@H]1O. The van der Waals surface area contributed by atoms with E-state index in [1.807, 2.05) is 0 Å². The minimum Gasteiger partial charge on any atom is -0.463 e. The van der Waals surface area contributed by atoms with Gasteiger partial charge in [-0.05, 0) is 13.3 Å². The Hall–Kier alpha value is -0.730. The first-order valence-corrected chi connectivity index (χ1v) is 13.3. The number of carbonyl (C=O) groups excluding carboxylic acids is 1. The van der Waals surface area contributed by atoms with Crippen molar-refractivity contribution < 1.29 is 35.7 Å². The van der Waals surface area contributed by atoms with Crippen LogP contribution in [0.25, 0.3) is 0 Å². The van der Waals surface area contributed by atoms with Crippen LogP contribution in [-0.4, -0.2) is 65.2 Å². The molecule has 1 aliphatic heterocycles. The molecule has 0 spiro atoms. The lowest BCUT2D eigenvalue weighted by Crippen LogP contribution is -2.59. The Bertz CT molecular complexity index is 494. The summed E-state index contributed by atoms with van der Waals surface area (Å²) in [4.78, 5) is 12.0.